The predicted molar refractivity (Wildman–Crippen MR) is 71.4 cm³/mol. The average molecular weight is 312 g/mol. The van der Waals surface area contributed by atoms with Gasteiger partial charge in [0.25, 0.3) is 11.1 Å². The third kappa shape index (κ3) is 2.63. The Morgan fingerprint density at radius 3 is 2.32 bits per heavy atom. The molecule has 0 bridgehead atoms. The van der Waals surface area contributed by atoms with Crippen LogP contribution < -0.4 is 15.9 Å². The molecular weight excluding hydrogens is 301 g/mol. The minimum atomic E-state index is -4.78. The van der Waals surface area contributed by atoms with Crippen molar-refractivity contribution >= 4 is 0 Å². The van der Waals surface area contributed by atoms with E-state index < -0.39 is 12.1 Å². The Balaban J connectivity index is 2.01. The van der Waals surface area contributed by atoms with E-state index in [1.165, 1.54) is 12.1 Å². The quantitative estimate of drug-likeness (QED) is 0.921. The number of H-pyrrole nitrogens is 1. The van der Waals surface area contributed by atoms with Crippen LogP contribution in [0.1, 0.15) is 17.5 Å². The van der Waals surface area contributed by atoms with Crippen molar-refractivity contribution in [2.24, 2.45) is 0 Å². The van der Waals surface area contributed by atoms with Gasteiger partial charge in [-0.3, -0.25) is 14.7 Å². The molecular formula is C14H11F3N2O3. The summed E-state index contributed by atoms with van der Waals surface area (Å²) in [7, 11) is 0. The maximum atomic E-state index is 12.3. The molecule has 1 aromatic heterocycles. The first-order valence-electron chi connectivity index (χ1n) is 6.58. The molecule has 5 nitrogen and oxygen atoms in total. The number of rotatable bonds is 2. The number of benzene rings is 1. The zero-order valence-electron chi connectivity index (χ0n) is 11.2. The summed E-state index contributed by atoms with van der Waals surface area (Å²) in [6.07, 6.45) is -2.93. The van der Waals surface area contributed by atoms with Crippen LogP contribution in [0.3, 0.4) is 0 Å². The summed E-state index contributed by atoms with van der Waals surface area (Å²) in [4.78, 5) is 24.2. The van der Waals surface area contributed by atoms with E-state index in [0.717, 1.165) is 23.2 Å². The molecule has 1 aromatic carbocycles. The molecule has 0 atom stereocenters. The number of halogens is 3. The van der Waals surface area contributed by atoms with Gasteiger partial charge in [-0.05, 0) is 43.5 Å². The Kier molecular flexibility index (Phi) is 3.31. The minimum absolute atomic E-state index is 0.270. The van der Waals surface area contributed by atoms with Gasteiger partial charge in [-0.25, -0.2) is 4.68 Å². The second kappa shape index (κ2) is 5.04. The van der Waals surface area contributed by atoms with E-state index >= 15 is 0 Å². The molecule has 8 heteroatoms. The van der Waals surface area contributed by atoms with Crippen LogP contribution in [0, 0.1) is 0 Å². The molecule has 116 valence electrons. The van der Waals surface area contributed by atoms with Gasteiger partial charge in [-0.2, -0.15) is 0 Å². The number of nitrogens with one attached hydrogen (secondary N) is 1. The summed E-state index contributed by atoms with van der Waals surface area (Å²) in [6.45, 7) is 0. The maximum Gasteiger partial charge on any atom is 0.573 e. The first-order valence-corrected chi connectivity index (χ1v) is 6.58. The van der Waals surface area contributed by atoms with Crippen molar-refractivity contribution < 1.29 is 17.9 Å². The van der Waals surface area contributed by atoms with E-state index in [1.54, 1.807) is 0 Å². The number of aromatic nitrogens is 2. The molecule has 22 heavy (non-hydrogen) atoms. The van der Waals surface area contributed by atoms with Gasteiger partial charge in [0, 0.05) is 11.1 Å². The number of alkyl halides is 3. The number of ether oxygens (including phenoxy) is 1. The lowest BCUT2D eigenvalue weighted by Gasteiger charge is -2.11. The first kappa shape index (κ1) is 14.4. The summed E-state index contributed by atoms with van der Waals surface area (Å²) >= 11 is 0. The van der Waals surface area contributed by atoms with Crippen LogP contribution in [0.4, 0.5) is 13.2 Å². The topological polar surface area (TPSA) is 64.1 Å². The fraction of sp³-hybridized carbons (Fsp3) is 0.286. The van der Waals surface area contributed by atoms with Crippen molar-refractivity contribution in [1.29, 1.82) is 0 Å². The molecule has 1 N–H and O–H groups in total. The number of aromatic amines is 1. The highest BCUT2D eigenvalue weighted by Gasteiger charge is 2.31. The number of nitrogens with zero attached hydrogens (tertiary/aromatic N) is 1. The lowest BCUT2D eigenvalue weighted by molar-refractivity contribution is -0.274. The van der Waals surface area contributed by atoms with Crippen molar-refractivity contribution in [3.05, 3.63) is 56.1 Å². The molecule has 2 aromatic rings. The molecule has 0 fully saturated rings. The Labute approximate surface area is 121 Å². The van der Waals surface area contributed by atoms with Crippen molar-refractivity contribution in [1.82, 2.24) is 9.78 Å². The smallest absolute Gasteiger partial charge is 0.406 e. The molecule has 0 radical (unpaired) electrons. The molecule has 0 aliphatic heterocycles. The fourth-order valence-corrected chi connectivity index (χ4v) is 2.56. The van der Waals surface area contributed by atoms with Crippen molar-refractivity contribution in [2.75, 3.05) is 0 Å². The zero-order chi connectivity index (χ0) is 15.9. The number of fused-ring (bicyclic) bond motifs is 1. The monoisotopic (exact) mass is 312 g/mol. The van der Waals surface area contributed by atoms with Gasteiger partial charge < -0.3 is 4.74 Å². The SMILES string of the molecule is O=c1[nH]n(-c2ccc(OC(F)(F)F)cc2)c(=O)c2c1CCC2. The third-order valence-corrected chi connectivity index (χ3v) is 3.50. The highest BCUT2D eigenvalue weighted by atomic mass is 19.4. The van der Waals surface area contributed by atoms with Gasteiger partial charge in [0.2, 0.25) is 0 Å². The summed E-state index contributed by atoms with van der Waals surface area (Å²) in [6, 6.07) is 4.72. The summed E-state index contributed by atoms with van der Waals surface area (Å²) < 4.78 is 41.1. The Hall–Kier alpha value is -2.51. The van der Waals surface area contributed by atoms with Crippen LogP contribution in [0.15, 0.2) is 33.9 Å². The Bertz CT molecular complexity index is 819. The molecule has 0 amide bonds. The molecule has 1 aliphatic carbocycles. The highest BCUT2D eigenvalue weighted by Crippen LogP contribution is 2.23. The highest BCUT2D eigenvalue weighted by molar-refractivity contribution is 5.38. The van der Waals surface area contributed by atoms with Gasteiger partial charge in [0.05, 0.1) is 5.69 Å². The standard InChI is InChI=1S/C14H11F3N2O3/c15-14(16,17)22-9-6-4-8(5-7-9)19-13(21)11-3-1-2-10(11)12(20)18-19/h4-7H,1-3H2,(H,18,20). The number of hydrogen-bond donors (Lipinski definition) is 1. The van der Waals surface area contributed by atoms with E-state index in [-0.39, 0.29) is 16.8 Å². The van der Waals surface area contributed by atoms with E-state index in [4.69, 9.17) is 0 Å². The lowest BCUT2D eigenvalue weighted by Crippen LogP contribution is -2.32. The molecule has 0 unspecified atom stereocenters. The maximum absolute atomic E-state index is 12.3. The van der Waals surface area contributed by atoms with Crippen LogP contribution in [-0.4, -0.2) is 16.1 Å². The van der Waals surface area contributed by atoms with E-state index in [2.05, 4.69) is 9.84 Å². The predicted octanol–water partition coefficient (Wildman–Crippen LogP) is 1.91. The van der Waals surface area contributed by atoms with E-state index in [1.807, 2.05) is 0 Å². The second-order valence-corrected chi connectivity index (χ2v) is 4.93. The molecule has 1 heterocycles. The van der Waals surface area contributed by atoms with Crippen molar-refractivity contribution in [2.45, 2.75) is 25.6 Å². The molecule has 0 spiro atoms. The van der Waals surface area contributed by atoms with Crippen LogP contribution in [0.5, 0.6) is 5.75 Å². The van der Waals surface area contributed by atoms with Gasteiger partial charge in [-0.1, -0.05) is 0 Å². The lowest BCUT2D eigenvalue weighted by atomic mass is 10.2. The molecule has 0 saturated carbocycles. The van der Waals surface area contributed by atoms with Crippen LogP contribution in [0.25, 0.3) is 5.69 Å². The minimum Gasteiger partial charge on any atom is -0.406 e. The van der Waals surface area contributed by atoms with Crippen molar-refractivity contribution in [3.63, 3.8) is 0 Å². The molecule has 0 saturated heterocycles. The van der Waals surface area contributed by atoms with E-state index in [0.29, 0.717) is 24.0 Å². The van der Waals surface area contributed by atoms with Gasteiger partial charge in [-0.15, -0.1) is 13.2 Å². The summed E-state index contributed by atoms with van der Waals surface area (Å²) in [5, 5.41) is 2.45. The van der Waals surface area contributed by atoms with Crippen molar-refractivity contribution in [3.8, 4) is 11.4 Å². The third-order valence-electron chi connectivity index (χ3n) is 3.50. The summed E-state index contributed by atoms with van der Waals surface area (Å²) in [5.41, 5.74) is 0.545. The average Bonchev–Trinajstić information content (AvgIpc) is 2.92. The van der Waals surface area contributed by atoms with E-state index in [9.17, 15) is 22.8 Å². The number of hydrogen-bond acceptors (Lipinski definition) is 3. The van der Waals surface area contributed by atoms with Crippen LogP contribution in [-0.2, 0) is 12.8 Å². The molecule has 1 aliphatic rings. The fourth-order valence-electron chi connectivity index (χ4n) is 2.56. The zero-order valence-corrected chi connectivity index (χ0v) is 11.2. The largest absolute Gasteiger partial charge is 0.573 e. The van der Waals surface area contributed by atoms with Crippen LogP contribution in [0.2, 0.25) is 0 Å². The summed E-state index contributed by atoms with van der Waals surface area (Å²) in [5.74, 6) is -0.396. The van der Waals surface area contributed by atoms with Gasteiger partial charge in [0.15, 0.2) is 0 Å². The second-order valence-electron chi connectivity index (χ2n) is 4.93. The molecule has 3 rings (SSSR count). The van der Waals surface area contributed by atoms with Crippen LogP contribution >= 0.6 is 0 Å². The first-order chi connectivity index (χ1) is 10.3. The normalized spacial score (nSPS) is 14.0. The van der Waals surface area contributed by atoms with Gasteiger partial charge >= 0.3 is 6.36 Å². The van der Waals surface area contributed by atoms with Gasteiger partial charge in [0.1, 0.15) is 5.75 Å². The Morgan fingerprint density at radius 1 is 1.05 bits per heavy atom. The Morgan fingerprint density at radius 2 is 1.68 bits per heavy atom.